The molecule has 1 aromatic heterocycles. The molecule has 5 nitrogen and oxygen atoms in total. The van der Waals surface area contributed by atoms with E-state index >= 15 is 0 Å². The number of hydrogen-bond donors (Lipinski definition) is 2. The lowest BCUT2D eigenvalue weighted by atomic mass is 9.98. The molecule has 34 heavy (non-hydrogen) atoms. The van der Waals surface area contributed by atoms with Crippen LogP contribution in [0.15, 0.2) is 72.8 Å². The van der Waals surface area contributed by atoms with E-state index in [1.807, 2.05) is 19.1 Å². The Labute approximate surface area is 203 Å². The quantitative estimate of drug-likeness (QED) is 0.454. The first-order valence-electron chi connectivity index (χ1n) is 12.5. The first-order valence-corrected chi connectivity index (χ1v) is 12.5. The van der Waals surface area contributed by atoms with Crippen LogP contribution < -0.4 is 10.6 Å². The van der Waals surface area contributed by atoms with Gasteiger partial charge in [-0.2, -0.15) is 0 Å². The average molecular weight is 457 g/mol. The van der Waals surface area contributed by atoms with Gasteiger partial charge in [0, 0.05) is 42.2 Å². The molecular formula is C29H36N4O. The van der Waals surface area contributed by atoms with Crippen LogP contribution in [-0.4, -0.2) is 41.1 Å². The first-order chi connectivity index (χ1) is 16.6. The number of aryl methyl sites for hydroxylation is 2. The molecular weight excluding hydrogens is 420 g/mol. The standard InChI is InChI=1S/C29H36N4O/c1-3-10-25-20-27(17-22(2)30-25)32-29(34)31-26-15-16-33(21-26)28(18-23-11-6-4-7-12-23)19-24-13-8-5-9-14-24/h4-9,11-14,17,20,26,28H,3,10,15-16,18-19,21H2,1-2H3,(H2,30,31,32,34). The van der Waals surface area contributed by atoms with E-state index < -0.39 is 0 Å². The molecule has 2 N–H and O–H groups in total. The minimum atomic E-state index is -0.137. The zero-order valence-corrected chi connectivity index (χ0v) is 20.3. The fraction of sp³-hybridized carbons (Fsp3) is 0.379. The van der Waals surface area contributed by atoms with Crippen molar-refractivity contribution in [3.8, 4) is 0 Å². The molecule has 5 heteroatoms. The summed E-state index contributed by atoms with van der Waals surface area (Å²) in [4.78, 5) is 19.8. The van der Waals surface area contributed by atoms with Crippen molar-refractivity contribution in [2.24, 2.45) is 0 Å². The minimum Gasteiger partial charge on any atom is -0.334 e. The smallest absolute Gasteiger partial charge is 0.319 e. The molecule has 1 aliphatic heterocycles. The zero-order valence-electron chi connectivity index (χ0n) is 20.3. The summed E-state index contributed by atoms with van der Waals surface area (Å²) in [5.41, 5.74) is 5.48. The highest BCUT2D eigenvalue weighted by molar-refractivity contribution is 5.89. The Balaban J connectivity index is 1.37. The second-order valence-electron chi connectivity index (χ2n) is 9.35. The van der Waals surface area contributed by atoms with Gasteiger partial charge in [0.25, 0.3) is 0 Å². The molecule has 2 aromatic carbocycles. The number of carbonyl (C=O) groups excluding carboxylic acids is 1. The molecule has 3 aromatic rings. The number of pyridine rings is 1. The summed E-state index contributed by atoms with van der Waals surface area (Å²) in [5.74, 6) is 0. The Morgan fingerprint density at radius 1 is 1.03 bits per heavy atom. The fourth-order valence-corrected chi connectivity index (χ4v) is 4.89. The third-order valence-electron chi connectivity index (χ3n) is 6.47. The predicted molar refractivity (Wildman–Crippen MR) is 139 cm³/mol. The summed E-state index contributed by atoms with van der Waals surface area (Å²) in [6.07, 6.45) is 4.92. The largest absolute Gasteiger partial charge is 0.334 e. The summed E-state index contributed by atoms with van der Waals surface area (Å²) in [6, 6.07) is 25.7. The highest BCUT2D eigenvalue weighted by Gasteiger charge is 2.29. The normalized spacial score (nSPS) is 16.0. The number of aromatic nitrogens is 1. The van der Waals surface area contributed by atoms with Gasteiger partial charge in [0.15, 0.2) is 0 Å². The molecule has 0 radical (unpaired) electrons. The molecule has 4 rings (SSSR count). The van der Waals surface area contributed by atoms with Crippen LogP contribution in [0.4, 0.5) is 10.5 Å². The highest BCUT2D eigenvalue weighted by Crippen LogP contribution is 2.20. The Morgan fingerprint density at radius 3 is 2.29 bits per heavy atom. The second kappa shape index (κ2) is 11.8. The molecule has 1 aliphatic rings. The molecule has 1 unspecified atom stereocenters. The summed E-state index contributed by atoms with van der Waals surface area (Å²) in [7, 11) is 0. The van der Waals surface area contributed by atoms with Crippen LogP contribution in [0.3, 0.4) is 0 Å². The minimum absolute atomic E-state index is 0.137. The number of nitrogens with one attached hydrogen (secondary N) is 2. The van der Waals surface area contributed by atoms with E-state index in [0.717, 1.165) is 62.3 Å². The third-order valence-corrected chi connectivity index (χ3v) is 6.47. The molecule has 2 heterocycles. The maximum Gasteiger partial charge on any atom is 0.319 e. The number of rotatable bonds is 9. The van der Waals surface area contributed by atoms with Crippen LogP contribution in [-0.2, 0) is 19.3 Å². The number of carbonyl (C=O) groups is 1. The molecule has 1 fully saturated rings. The van der Waals surface area contributed by atoms with Gasteiger partial charge in [-0.3, -0.25) is 9.88 Å². The number of benzene rings is 2. The summed E-state index contributed by atoms with van der Waals surface area (Å²) in [5, 5.41) is 6.22. The lowest BCUT2D eigenvalue weighted by Gasteiger charge is -2.28. The second-order valence-corrected chi connectivity index (χ2v) is 9.35. The Bertz CT molecular complexity index is 1010. The first kappa shape index (κ1) is 24.0. The van der Waals surface area contributed by atoms with Gasteiger partial charge in [0.05, 0.1) is 0 Å². The van der Waals surface area contributed by atoms with E-state index in [-0.39, 0.29) is 12.1 Å². The summed E-state index contributed by atoms with van der Waals surface area (Å²) in [6.45, 7) is 5.97. The van der Waals surface area contributed by atoms with E-state index in [1.54, 1.807) is 0 Å². The van der Waals surface area contributed by atoms with Crippen LogP contribution in [0.5, 0.6) is 0 Å². The van der Waals surface area contributed by atoms with Gasteiger partial charge in [-0.1, -0.05) is 74.0 Å². The number of urea groups is 1. The number of amides is 2. The molecule has 0 bridgehead atoms. The number of hydrogen-bond acceptors (Lipinski definition) is 3. The van der Waals surface area contributed by atoms with Crippen molar-refractivity contribution in [3.05, 3.63) is 95.3 Å². The molecule has 0 aliphatic carbocycles. The van der Waals surface area contributed by atoms with Crippen LogP contribution in [0.1, 0.15) is 42.3 Å². The maximum atomic E-state index is 12.7. The van der Waals surface area contributed by atoms with Crippen LogP contribution in [0.25, 0.3) is 0 Å². The molecule has 0 spiro atoms. The number of anilines is 1. The SMILES string of the molecule is CCCc1cc(NC(=O)NC2CCN(C(Cc3ccccc3)Cc3ccccc3)C2)cc(C)n1. The zero-order chi connectivity index (χ0) is 23.8. The van der Waals surface area contributed by atoms with E-state index in [9.17, 15) is 4.79 Å². The van der Waals surface area contributed by atoms with Crippen molar-refractivity contribution in [1.29, 1.82) is 0 Å². The lowest BCUT2D eigenvalue weighted by Crippen LogP contribution is -2.42. The predicted octanol–water partition coefficient (Wildman–Crippen LogP) is 5.39. The van der Waals surface area contributed by atoms with Gasteiger partial charge in [-0.25, -0.2) is 4.79 Å². The van der Waals surface area contributed by atoms with E-state index in [0.29, 0.717) is 6.04 Å². The molecule has 2 amide bonds. The Kier molecular flexibility index (Phi) is 8.31. The molecule has 178 valence electrons. The topological polar surface area (TPSA) is 57.3 Å². The highest BCUT2D eigenvalue weighted by atomic mass is 16.2. The summed E-state index contributed by atoms with van der Waals surface area (Å²) >= 11 is 0. The van der Waals surface area contributed by atoms with E-state index in [2.05, 4.69) is 88.1 Å². The van der Waals surface area contributed by atoms with Crippen molar-refractivity contribution >= 4 is 11.7 Å². The van der Waals surface area contributed by atoms with Crippen LogP contribution in [0, 0.1) is 6.92 Å². The van der Waals surface area contributed by atoms with Crippen molar-refractivity contribution in [2.75, 3.05) is 18.4 Å². The average Bonchev–Trinajstić information content (AvgIpc) is 3.28. The van der Waals surface area contributed by atoms with E-state index in [4.69, 9.17) is 0 Å². The molecule has 1 saturated heterocycles. The number of likely N-dealkylation sites (tertiary alicyclic amines) is 1. The maximum absolute atomic E-state index is 12.7. The monoisotopic (exact) mass is 456 g/mol. The van der Waals surface area contributed by atoms with Gasteiger partial charge in [-0.15, -0.1) is 0 Å². The van der Waals surface area contributed by atoms with Crippen molar-refractivity contribution in [1.82, 2.24) is 15.2 Å². The third kappa shape index (κ3) is 6.91. The van der Waals surface area contributed by atoms with Gasteiger partial charge in [0.1, 0.15) is 0 Å². The molecule has 1 atom stereocenters. The van der Waals surface area contributed by atoms with Crippen molar-refractivity contribution in [3.63, 3.8) is 0 Å². The number of nitrogens with zero attached hydrogens (tertiary/aromatic N) is 2. The van der Waals surface area contributed by atoms with Gasteiger partial charge in [0.2, 0.25) is 0 Å². The molecule has 0 saturated carbocycles. The van der Waals surface area contributed by atoms with Gasteiger partial charge < -0.3 is 10.6 Å². The summed E-state index contributed by atoms with van der Waals surface area (Å²) < 4.78 is 0. The fourth-order valence-electron chi connectivity index (χ4n) is 4.89. The van der Waals surface area contributed by atoms with Crippen molar-refractivity contribution < 1.29 is 4.79 Å². The van der Waals surface area contributed by atoms with Gasteiger partial charge in [-0.05, 0) is 55.9 Å². The van der Waals surface area contributed by atoms with Gasteiger partial charge >= 0.3 is 6.03 Å². The van der Waals surface area contributed by atoms with Crippen LogP contribution in [0.2, 0.25) is 0 Å². The van der Waals surface area contributed by atoms with Crippen LogP contribution >= 0.6 is 0 Å². The van der Waals surface area contributed by atoms with E-state index in [1.165, 1.54) is 11.1 Å². The Morgan fingerprint density at radius 2 is 1.68 bits per heavy atom. The van der Waals surface area contributed by atoms with Crippen molar-refractivity contribution in [2.45, 2.75) is 58.0 Å². The Hall–Kier alpha value is -3.18. The lowest BCUT2D eigenvalue weighted by molar-refractivity contribution is 0.229.